The number of aromatic nitrogens is 1. The highest BCUT2D eigenvalue weighted by Crippen LogP contribution is 2.40. The van der Waals surface area contributed by atoms with Crippen LogP contribution in [0.15, 0.2) is 5.38 Å². The zero-order chi connectivity index (χ0) is 13.3. The lowest BCUT2D eigenvalue weighted by Gasteiger charge is -2.37. The Labute approximate surface area is 122 Å². The molecule has 1 aromatic rings. The summed E-state index contributed by atoms with van der Waals surface area (Å²) >= 11 is 3.57. The second-order valence-electron chi connectivity index (χ2n) is 5.52. The Morgan fingerprint density at radius 1 is 1.63 bits per heavy atom. The lowest BCUT2D eigenvalue weighted by atomic mass is 9.82. The first-order valence-electron chi connectivity index (χ1n) is 6.82. The summed E-state index contributed by atoms with van der Waals surface area (Å²) in [5.74, 6) is 2.76. The van der Waals surface area contributed by atoms with Gasteiger partial charge in [0.15, 0.2) is 0 Å². The Hall–Kier alpha value is -0.390. The summed E-state index contributed by atoms with van der Waals surface area (Å²) in [7, 11) is 0. The van der Waals surface area contributed by atoms with E-state index >= 15 is 0 Å². The van der Waals surface area contributed by atoms with Crippen molar-refractivity contribution in [2.75, 3.05) is 18.1 Å². The predicted octanol–water partition coefficient (Wildman–Crippen LogP) is 2.87. The second-order valence-corrected chi connectivity index (χ2v) is 7.69. The summed E-state index contributed by atoms with van der Waals surface area (Å²) in [5.41, 5.74) is 0.940. The van der Waals surface area contributed by atoms with Gasteiger partial charge in [-0.15, -0.1) is 11.3 Å². The van der Waals surface area contributed by atoms with E-state index in [-0.39, 0.29) is 11.5 Å². The molecule has 5 heteroatoms. The van der Waals surface area contributed by atoms with Gasteiger partial charge >= 0.3 is 0 Å². The SMILES string of the molecule is Cc1nc(CC(=O)C2CCOC3(CCSC3)C2)cs1. The van der Waals surface area contributed by atoms with Gasteiger partial charge in [0.05, 0.1) is 16.3 Å². The maximum absolute atomic E-state index is 12.4. The molecule has 2 aliphatic rings. The number of thioether (sulfide) groups is 1. The summed E-state index contributed by atoms with van der Waals surface area (Å²) in [6.45, 7) is 2.73. The number of carbonyl (C=O) groups is 1. The van der Waals surface area contributed by atoms with Gasteiger partial charge in [0.2, 0.25) is 0 Å². The van der Waals surface area contributed by atoms with E-state index in [0.29, 0.717) is 12.2 Å². The van der Waals surface area contributed by atoms with Crippen molar-refractivity contribution in [3.63, 3.8) is 0 Å². The first-order chi connectivity index (χ1) is 9.17. The second kappa shape index (κ2) is 5.54. The fourth-order valence-electron chi connectivity index (χ4n) is 2.98. The Kier molecular flexibility index (Phi) is 3.96. The summed E-state index contributed by atoms with van der Waals surface area (Å²) in [6, 6.07) is 0. The molecule has 1 spiro atoms. The molecule has 2 aliphatic heterocycles. The summed E-state index contributed by atoms with van der Waals surface area (Å²) in [6.07, 6.45) is 3.41. The molecule has 0 bridgehead atoms. The highest BCUT2D eigenvalue weighted by atomic mass is 32.2. The molecule has 0 aliphatic carbocycles. The lowest BCUT2D eigenvalue weighted by molar-refractivity contribution is -0.133. The van der Waals surface area contributed by atoms with Crippen molar-refractivity contribution in [3.8, 4) is 0 Å². The van der Waals surface area contributed by atoms with Crippen LogP contribution in [-0.2, 0) is 16.0 Å². The first-order valence-corrected chi connectivity index (χ1v) is 8.86. The number of aryl methyl sites for hydroxylation is 1. The Bertz CT molecular complexity index is 466. The zero-order valence-electron chi connectivity index (χ0n) is 11.2. The van der Waals surface area contributed by atoms with E-state index in [1.165, 1.54) is 5.75 Å². The van der Waals surface area contributed by atoms with Gasteiger partial charge in [-0.3, -0.25) is 4.79 Å². The van der Waals surface area contributed by atoms with E-state index in [1.54, 1.807) is 11.3 Å². The third kappa shape index (κ3) is 3.03. The molecule has 19 heavy (non-hydrogen) atoms. The number of Topliss-reactive ketones (excluding diaryl/α,β-unsaturated/α-hetero) is 1. The Balaban J connectivity index is 1.63. The average molecular weight is 297 g/mol. The fourth-order valence-corrected chi connectivity index (χ4v) is 4.97. The van der Waals surface area contributed by atoms with Crippen molar-refractivity contribution < 1.29 is 9.53 Å². The summed E-state index contributed by atoms with van der Waals surface area (Å²) < 4.78 is 5.97. The van der Waals surface area contributed by atoms with Crippen LogP contribution in [0.5, 0.6) is 0 Å². The highest BCUT2D eigenvalue weighted by Gasteiger charge is 2.42. The van der Waals surface area contributed by atoms with Crippen LogP contribution in [0, 0.1) is 12.8 Å². The number of thiazole rings is 1. The van der Waals surface area contributed by atoms with Crippen molar-refractivity contribution in [2.24, 2.45) is 5.92 Å². The van der Waals surface area contributed by atoms with Crippen molar-refractivity contribution in [3.05, 3.63) is 16.1 Å². The molecule has 2 saturated heterocycles. The first kappa shape index (κ1) is 13.6. The van der Waals surface area contributed by atoms with Gasteiger partial charge in [-0.1, -0.05) is 0 Å². The molecule has 0 aromatic carbocycles. The maximum Gasteiger partial charge on any atom is 0.142 e. The summed E-state index contributed by atoms with van der Waals surface area (Å²) in [5, 5.41) is 3.05. The molecule has 1 aromatic heterocycles. The van der Waals surface area contributed by atoms with Crippen molar-refractivity contribution in [1.82, 2.24) is 4.98 Å². The van der Waals surface area contributed by atoms with E-state index in [9.17, 15) is 4.79 Å². The van der Waals surface area contributed by atoms with Crippen molar-refractivity contribution in [1.29, 1.82) is 0 Å². The molecular formula is C14H19NO2S2. The Morgan fingerprint density at radius 3 is 3.21 bits per heavy atom. The van der Waals surface area contributed by atoms with Crippen molar-refractivity contribution >= 4 is 28.9 Å². The van der Waals surface area contributed by atoms with E-state index in [1.807, 2.05) is 24.1 Å². The van der Waals surface area contributed by atoms with Crippen molar-refractivity contribution in [2.45, 2.75) is 38.2 Å². The molecule has 0 saturated carbocycles. The minimum Gasteiger partial charge on any atom is -0.374 e. The van der Waals surface area contributed by atoms with Gasteiger partial charge in [0.25, 0.3) is 0 Å². The standard InChI is InChI=1S/C14H19NO2S2/c1-10-15-12(8-19-10)6-13(16)11-2-4-17-14(7-11)3-5-18-9-14/h8,11H,2-7,9H2,1H3. The van der Waals surface area contributed by atoms with Gasteiger partial charge < -0.3 is 4.74 Å². The van der Waals surface area contributed by atoms with Gasteiger partial charge in [0, 0.05) is 30.1 Å². The zero-order valence-corrected chi connectivity index (χ0v) is 12.8. The molecule has 2 atom stereocenters. The van der Waals surface area contributed by atoms with E-state index in [2.05, 4.69) is 4.98 Å². The van der Waals surface area contributed by atoms with E-state index in [4.69, 9.17) is 4.74 Å². The number of nitrogens with zero attached hydrogens (tertiary/aromatic N) is 1. The lowest BCUT2D eigenvalue weighted by Crippen LogP contribution is -2.42. The largest absolute Gasteiger partial charge is 0.374 e. The number of ether oxygens (including phenoxy) is 1. The monoisotopic (exact) mass is 297 g/mol. The molecule has 3 rings (SSSR count). The van der Waals surface area contributed by atoms with E-state index < -0.39 is 0 Å². The predicted molar refractivity (Wildman–Crippen MR) is 78.9 cm³/mol. The van der Waals surface area contributed by atoms with Crippen LogP contribution >= 0.6 is 23.1 Å². The summed E-state index contributed by atoms with van der Waals surface area (Å²) in [4.78, 5) is 16.8. The van der Waals surface area contributed by atoms with Gasteiger partial charge in [0.1, 0.15) is 5.78 Å². The molecule has 0 radical (unpaired) electrons. The number of rotatable bonds is 3. The minimum atomic E-state index is 0.00122. The topological polar surface area (TPSA) is 39.2 Å². The number of ketones is 1. The van der Waals surface area contributed by atoms with Gasteiger partial charge in [-0.05, 0) is 31.9 Å². The quantitative estimate of drug-likeness (QED) is 0.860. The number of carbonyl (C=O) groups excluding carboxylic acids is 1. The van der Waals surface area contributed by atoms with Crippen LogP contribution in [0.3, 0.4) is 0 Å². The molecule has 2 unspecified atom stereocenters. The average Bonchev–Trinajstić information content (AvgIpc) is 3.00. The third-order valence-corrected chi connectivity index (χ3v) is 6.08. The Morgan fingerprint density at radius 2 is 2.53 bits per heavy atom. The molecule has 3 nitrogen and oxygen atoms in total. The van der Waals surface area contributed by atoms with Gasteiger partial charge in [-0.2, -0.15) is 11.8 Å². The molecule has 2 fully saturated rings. The van der Waals surface area contributed by atoms with Crippen LogP contribution in [-0.4, -0.2) is 34.5 Å². The van der Waals surface area contributed by atoms with Crippen LogP contribution in [0.1, 0.15) is 30.0 Å². The van der Waals surface area contributed by atoms with Crippen LogP contribution in [0.4, 0.5) is 0 Å². The minimum absolute atomic E-state index is 0.00122. The van der Waals surface area contributed by atoms with Crippen LogP contribution < -0.4 is 0 Å². The number of hydrogen-bond donors (Lipinski definition) is 0. The fraction of sp³-hybridized carbons (Fsp3) is 0.714. The molecule has 3 heterocycles. The molecule has 0 N–H and O–H groups in total. The highest BCUT2D eigenvalue weighted by molar-refractivity contribution is 7.99. The van der Waals surface area contributed by atoms with E-state index in [0.717, 1.165) is 42.3 Å². The smallest absolute Gasteiger partial charge is 0.142 e. The van der Waals surface area contributed by atoms with Crippen LogP contribution in [0.2, 0.25) is 0 Å². The molecule has 104 valence electrons. The van der Waals surface area contributed by atoms with Gasteiger partial charge in [-0.25, -0.2) is 4.98 Å². The van der Waals surface area contributed by atoms with Crippen LogP contribution in [0.25, 0.3) is 0 Å². The number of hydrogen-bond acceptors (Lipinski definition) is 5. The molecule has 0 amide bonds. The molecular weight excluding hydrogens is 278 g/mol. The third-order valence-electron chi connectivity index (χ3n) is 4.04. The maximum atomic E-state index is 12.4. The normalized spacial score (nSPS) is 30.9.